The van der Waals surface area contributed by atoms with Gasteiger partial charge in [0.05, 0.1) is 11.0 Å². The molecule has 126 valence electrons. The van der Waals surface area contributed by atoms with E-state index < -0.39 is 20.6 Å². The average molecular weight is 342 g/mol. The molecule has 1 saturated heterocycles. The van der Waals surface area contributed by atoms with Crippen LogP contribution in [-0.4, -0.2) is 43.4 Å². The summed E-state index contributed by atoms with van der Waals surface area (Å²) in [5.74, 6) is 0.429. The predicted molar refractivity (Wildman–Crippen MR) is 81.3 cm³/mol. The molecule has 2 aliphatic heterocycles. The molecule has 0 unspecified atom stereocenters. The van der Waals surface area contributed by atoms with Crippen molar-refractivity contribution < 1.29 is 22.8 Å². The van der Waals surface area contributed by atoms with Gasteiger partial charge in [-0.3, -0.25) is 10.1 Å². The number of fused-ring (bicyclic) bond motifs is 1. The highest BCUT2D eigenvalue weighted by molar-refractivity contribution is 7.89. The van der Waals surface area contributed by atoms with E-state index in [-0.39, 0.29) is 35.7 Å². The third-order valence-corrected chi connectivity index (χ3v) is 6.19. The summed E-state index contributed by atoms with van der Waals surface area (Å²) in [6, 6.07) is 2.17. The smallest absolute Gasteiger partial charge is 0.293 e. The Kier molecular flexibility index (Phi) is 4.15. The van der Waals surface area contributed by atoms with Crippen molar-refractivity contribution in [3.63, 3.8) is 0 Å². The van der Waals surface area contributed by atoms with E-state index >= 15 is 0 Å². The lowest BCUT2D eigenvalue weighted by Crippen LogP contribution is -2.42. The molecule has 0 N–H and O–H groups in total. The molecule has 2 heterocycles. The summed E-state index contributed by atoms with van der Waals surface area (Å²) in [6.45, 7) is 2.75. The topological polar surface area (TPSA) is 99.0 Å². The molecule has 0 aliphatic carbocycles. The Morgan fingerprint density at radius 3 is 2.48 bits per heavy atom. The van der Waals surface area contributed by atoms with Crippen molar-refractivity contribution in [2.24, 2.45) is 0 Å². The SMILES string of the molecule is C[C@H]1CCCCN1S(=O)(=O)c1cc2c(cc1[N+](=O)[O-])OCCO2. The third-order valence-electron chi connectivity index (χ3n) is 4.15. The van der Waals surface area contributed by atoms with Crippen LogP contribution in [0.2, 0.25) is 0 Å². The molecule has 1 fully saturated rings. The number of piperidine rings is 1. The van der Waals surface area contributed by atoms with Gasteiger partial charge in [-0.2, -0.15) is 4.31 Å². The summed E-state index contributed by atoms with van der Waals surface area (Å²) in [5, 5.41) is 11.3. The van der Waals surface area contributed by atoms with Crippen LogP contribution in [-0.2, 0) is 10.0 Å². The Balaban J connectivity index is 2.11. The molecule has 23 heavy (non-hydrogen) atoms. The summed E-state index contributed by atoms with van der Waals surface area (Å²) in [6.07, 6.45) is 2.45. The molecule has 1 atom stereocenters. The number of hydrogen-bond acceptors (Lipinski definition) is 6. The first-order valence-corrected chi connectivity index (χ1v) is 8.95. The molecule has 0 spiro atoms. The van der Waals surface area contributed by atoms with Gasteiger partial charge in [0.2, 0.25) is 10.0 Å². The highest BCUT2D eigenvalue weighted by Gasteiger charge is 2.37. The Hall–Kier alpha value is -1.87. The second-order valence-corrected chi connectivity index (χ2v) is 7.54. The lowest BCUT2D eigenvalue weighted by molar-refractivity contribution is -0.388. The van der Waals surface area contributed by atoms with Crippen molar-refractivity contribution >= 4 is 15.7 Å². The van der Waals surface area contributed by atoms with Gasteiger partial charge in [0.15, 0.2) is 16.4 Å². The standard InChI is InChI=1S/C14H18N2O6S/c1-10-4-2-3-5-15(10)23(19,20)14-9-13-12(21-6-7-22-13)8-11(14)16(17)18/h8-10H,2-7H2,1H3/t10-/m0/s1. The van der Waals surface area contributed by atoms with Crippen molar-refractivity contribution in [1.29, 1.82) is 0 Å². The molecule has 3 rings (SSSR count). The zero-order valence-electron chi connectivity index (χ0n) is 12.7. The van der Waals surface area contributed by atoms with Crippen LogP contribution in [0.5, 0.6) is 11.5 Å². The molecule has 0 bridgehead atoms. The lowest BCUT2D eigenvalue weighted by atomic mass is 10.1. The minimum absolute atomic E-state index is 0.179. The molecule has 8 nitrogen and oxygen atoms in total. The van der Waals surface area contributed by atoms with Crippen molar-refractivity contribution in [1.82, 2.24) is 4.31 Å². The van der Waals surface area contributed by atoms with Crippen LogP contribution in [0.1, 0.15) is 26.2 Å². The van der Waals surface area contributed by atoms with Crippen LogP contribution < -0.4 is 9.47 Å². The van der Waals surface area contributed by atoms with Gasteiger partial charge in [-0.05, 0) is 19.8 Å². The van der Waals surface area contributed by atoms with Crippen molar-refractivity contribution in [2.45, 2.75) is 37.1 Å². The van der Waals surface area contributed by atoms with Crippen LogP contribution in [0.25, 0.3) is 0 Å². The van der Waals surface area contributed by atoms with E-state index in [1.54, 1.807) is 0 Å². The van der Waals surface area contributed by atoms with Gasteiger partial charge < -0.3 is 9.47 Å². The minimum Gasteiger partial charge on any atom is -0.486 e. The number of nitrogens with zero attached hydrogens (tertiary/aromatic N) is 2. The van der Waals surface area contributed by atoms with E-state index in [0.29, 0.717) is 6.54 Å². The van der Waals surface area contributed by atoms with Crippen LogP contribution in [0, 0.1) is 10.1 Å². The fourth-order valence-electron chi connectivity index (χ4n) is 2.96. The Bertz CT molecular complexity index is 733. The first-order valence-electron chi connectivity index (χ1n) is 7.51. The van der Waals surface area contributed by atoms with Gasteiger partial charge in [-0.25, -0.2) is 8.42 Å². The second kappa shape index (κ2) is 5.97. The maximum absolute atomic E-state index is 12.9. The summed E-state index contributed by atoms with van der Waals surface area (Å²) < 4.78 is 37.9. The molecule has 9 heteroatoms. The van der Waals surface area contributed by atoms with E-state index in [1.807, 2.05) is 6.92 Å². The van der Waals surface area contributed by atoms with Gasteiger partial charge in [-0.1, -0.05) is 6.42 Å². The van der Waals surface area contributed by atoms with Crippen molar-refractivity contribution in [3.05, 3.63) is 22.2 Å². The fraction of sp³-hybridized carbons (Fsp3) is 0.571. The van der Waals surface area contributed by atoms with Gasteiger partial charge in [0.1, 0.15) is 13.2 Å². The van der Waals surface area contributed by atoms with E-state index in [0.717, 1.165) is 25.3 Å². The maximum Gasteiger partial charge on any atom is 0.293 e. The number of nitro groups is 1. The lowest BCUT2D eigenvalue weighted by Gasteiger charge is -2.32. The monoisotopic (exact) mass is 342 g/mol. The summed E-state index contributed by atoms with van der Waals surface area (Å²) in [4.78, 5) is 10.3. The highest BCUT2D eigenvalue weighted by atomic mass is 32.2. The zero-order chi connectivity index (χ0) is 16.6. The molecule has 2 aliphatic rings. The minimum atomic E-state index is -3.96. The number of rotatable bonds is 3. The Morgan fingerprint density at radius 1 is 1.22 bits per heavy atom. The Labute approximate surface area is 134 Å². The first-order chi connectivity index (χ1) is 10.9. The second-order valence-electron chi connectivity index (χ2n) is 5.68. The van der Waals surface area contributed by atoms with E-state index in [2.05, 4.69) is 0 Å². The molecule has 1 aromatic rings. The quantitative estimate of drug-likeness (QED) is 0.615. The van der Waals surface area contributed by atoms with Crippen LogP contribution in [0.4, 0.5) is 5.69 Å². The fourth-order valence-corrected chi connectivity index (χ4v) is 4.82. The Morgan fingerprint density at radius 2 is 1.87 bits per heavy atom. The highest BCUT2D eigenvalue weighted by Crippen LogP contribution is 2.40. The first kappa shape index (κ1) is 16.0. The molecular formula is C14H18N2O6S. The van der Waals surface area contributed by atoms with E-state index in [1.165, 1.54) is 10.4 Å². The van der Waals surface area contributed by atoms with Gasteiger partial charge in [0, 0.05) is 18.7 Å². The number of benzene rings is 1. The summed E-state index contributed by atoms with van der Waals surface area (Å²) in [5.41, 5.74) is -0.480. The van der Waals surface area contributed by atoms with Crippen LogP contribution in [0.15, 0.2) is 17.0 Å². The maximum atomic E-state index is 12.9. The third kappa shape index (κ3) is 2.86. The van der Waals surface area contributed by atoms with Crippen LogP contribution >= 0.6 is 0 Å². The van der Waals surface area contributed by atoms with Gasteiger partial charge in [0.25, 0.3) is 5.69 Å². The number of sulfonamides is 1. The predicted octanol–water partition coefficient (Wildman–Crippen LogP) is 1.93. The largest absolute Gasteiger partial charge is 0.486 e. The number of ether oxygens (including phenoxy) is 2. The normalized spacial score (nSPS) is 21.9. The molecule has 0 saturated carbocycles. The van der Waals surface area contributed by atoms with Crippen molar-refractivity contribution in [2.75, 3.05) is 19.8 Å². The van der Waals surface area contributed by atoms with Crippen LogP contribution in [0.3, 0.4) is 0 Å². The molecular weight excluding hydrogens is 324 g/mol. The molecule has 0 amide bonds. The van der Waals surface area contributed by atoms with Gasteiger partial charge >= 0.3 is 0 Å². The van der Waals surface area contributed by atoms with Gasteiger partial charge in [-0.15, -0.1) is 0 Å². The molecule has 0 radical (unpaired) electrons. The van der Waals surface area contributed by atoms with E-state index in [9.17, 15) is 18.5 Å². The molecule has 1 aromatic carbocycles. The average Bonchev–Trinajstić information content (AvgIpc) is 2.53. The summed E-state index contributed by atoms with van der Waals surface area (Å²) >= 11 is 0. The summed E-state index contributed by atoms with van der Waals surface area (Å²) in [7, 11) is -3.96. The number of nitro benzene ring substituents is 1. The van der Waals surface area contributed by atoms with E-state index in [4.69, 9.17) is 9.47 Å². The van der Waals surface area contributed by atoms with Crippen molar-refractivity contribution in [3.8, 4) is 11.5 Å². The zero-order valence-corrected chi connectivity index (χ0v) is 13.5. The number of hydrogen-bond donors (Lipinski definition) is 0. The molecule has 0 aromatic heterocycles.